The fourth-order valence-corrected chi connectivity index (χ4v) is 1.56. The Bertz CT molecular complexity index is 342. The fourth-order valence-electron chi connectivity index (χ4n) is 1.56. The maximum atomic E-state index is 10.0. The van der Waals surface area contributed by atoms with Crippen LogP contribution in [0.1, 0.15) is 44.4 Å². The van der Waals surface area contributed by atoms with Gasteiger partial charge in [-0.1, -0.05) is 20.8 Å². The van der Waals surface area contributed by atoms with E-state index in [1.54, 1.807) is 6.20 Å². The van der Waals surface area contributed by atoms with Gasteiger partial charge in [0, 0.05) is 11.8 Å². The van der Waals surface area contributed by atoms with E-state index in [9.17, 15) is 5.11 Å². The molecule has 0 radical (unpaired) electrons. The van der Waals surface area contributed by atoms with Crippen molar-refractivity contribution in [2.75, 3.05) is 5.73 Å². The zero-order valence-electron chi connectivity index (χ0n) is 9.91. The Kier molecular flexibility index (Phi) is 3.35. The van der Waals surface area contributed by atoms with Gasteiger partial charge >= 0.3 is 0 Å². The lowest BCUT2D eigenvalue weighted by molar-refractivity contribution is 0.122. The summed E-state index contributed by atoms with van der Waals surface area (Å²) in [5, 5.41) is 10.0. The zero-order valence-corrected chi connectivity index (χ0v) is 9.91. The molecule has 15 heavy (non-hydrogen) atoms. The number of nitrogen functional groups attached to an aromatic ring is 1. The number of hydrogen-bond donors (Lipinski definition) is 2. The second-order valence-corrected chi connectivity index (χ2v) is 5.27. The van der Waals surface area contributed by atoms with Gasteiger partial charge in [-0.25, -0.2) is 4.98 Å². The standard InChI is InChI=1S/C12H20N2O/c1-8-5-9(11(13)14-7-8)10(15)6-12(2,3)4/h5,7,10,15H,6H2,1-4H3,(H2,13,14). The van der Waals surface area contributed by atoms with E-state index in [1.165, 1.54) is 0 Å². The molecule has 1 rings (SSSR count). The van der Waals surface area contributed by atoms with Gasteiger partial charge in [-0.05, 0) is 30.4 Å². The first-order valence-corrected chi connectivity index (χ1v) is 5.20. The molecule has 1 aromatic rings. The highest BCUT2D eigenvalue weighted by molar-refractivity contribution is 5.42. The molecule has 0 spiro atoms. The van der Waals surface area contributed by atoms with Crippen LogP contribution in [0.15, 0.2) is 12.3 Å². The number of pyridine rings is 1. The molecule has 3 heteroatoms. The van der Waals surface area contributed by atoms with Gasteiger partial charge < -0.3 is 10.8 Å². The summed E-state index contributed by atoms with van der Waals surface area (Å²) in [6.07, 6.45) is 1.86. The molecule has 1 aromatic heterocycles. The normalized spacial score (nSPS) is 13.9. The number of rotatable bonds is 2. The van der Waals surface area contributed by atoms with E-state index < -0.39 is 6.10 Å². The van der Waals surface area contributed by atoms with Crippen LogP contribution < -0.4 is 5.73 Å². The van der Waals surface area contributed by atoms with Gasteiger partial charge in [-0.2, -0.15) is 0 Å². The molecule has 0 aliphatic rings. The highest BCUT2D eigenvalue weighted by Crippen LogP contribution is 2.31. The Morgan fingerprint density at radius 3 is 2.60 bits per heavy atom. The third-order valence-corrected chi connectivity index (χ3v) is 2.25. The van der Waals surface area contributed by atoms with Crippen molar-refractivity contribution in [3.8, 4) is 0 Å². The number of hydrogen-bond acceptors (Lipinski definition) is 3. The van der Waals surface area contributed by atoms with Crippen LogP contribution in [0.5, 0.6) is 0 Å². The SMILES string of the molecule is Cc1cnc(N)c(C(O)CC(C)(C)C)c1. The first-order chi connectivity index (χ1) is 6.79. The van der Waals surface area contributed by atoms with Gasteiger partial charge in [0.25, 0.3) is 0 Å². The van der Waals surface area contributed by atoms with Crippen LogP contribution in [-0.4, -0.2) is 10.1 Å². The summed E-state index contributed by atoms with van der Waals surface area (Å²) in [5.41, 5.74) is 7.58. The van der Waals surface area contributed by atoms with Crippen LogP contribution in [-0.2, 0) is 0 Å². The number of aryl methyl sites for hydroxylation is 1. The van der Waals surface area contributed by atoms with E-state index in [2.05, 4.69) is 25.8 Å². The third-order valence-electron chi connectivity index (χ3n) is 2.25. The first-order valence-electron chi connectivity index (χ1n) is 5.20. The van der Waals surface area contributed by atoms with Crippen LogP contribution in [0, 0.1) is 12.3 Å². The smallest absolute Gasteiger partial charge is 0.129 e. The molecule has 0 amide bonds. The number of nitrogens with two attached hydrogens (primary N) is 1. The van der Waals surface area contributed by atoms with Crippen LogP contribution in [0.25, 0.3) is 0 Å². The Morgan fingerprint density at radius 2 is 2.07 bits per heavy atom. The molecule has 0 fully saturated rings. The lowest BCUT2D eigenvalue weighted by Gasteiger charge is -2.23. The third kappa shape index (κ3) is 3.51. The average molecular weight is 208 g/mol. The number of aliphatic hydroxyl groups is 1. The maximum absolute atomic E-state index is 10.0. The predicted octanol–water partition coefficient (Wildman–Crippen LogP) is 2.44. The molecule has 3 nitrogen and oxygen atoms in total. The Labute approximate surface area is 91.3 Å². The molecule has 84 valence electrons. The van der Waals surface area contributed by atoms with Crippen molar-refractivity contribution in [3.05, 3.63) is 23.4 Å². The number of anilines is 1. The molecule has 0 bridgehead atoms. The van der Waals surface area contributed by atoms with Crippen molar-refractivity contribution in [2.24, 2.45) is 5.41 Å². The molecule has 1 atom stereocenters. The number of aliphatic hydroxyl groups excluding tert-OH is 1. The minimum absolute atomic E-state index is 0.0790. The van der Waals surface area contributed by atoms with Crippen molar-refractivity contribution >= 4 is 5.82 Å². The fraction of sp³-hybridized carbons (Fsp3) is 0.583. The van der Waals surface area contributed by atoms with Gasteiger partial charge in [-0.15, -0.1) is 0 Å². The van der Waals surface area contributed by atoms with Crippen molar-refractivity contribution in [3.63, 3.8) is 0 Å². The van der Waals surface area contributed by atoms with E-state index in [1.807, 2.05) is 13.0 Å². The highest BCUT2D eigenvalue weighted by atomic mass is 16.3. The topological polar surface area (TPSA) is 59.1 Å². The minimum atomic E-state index is -0.530. The molecule has 1 unspecified atom stereocenters. The number of nitrogens with zero attached hydrogens (tertiary/aromatic N) is 1. The summed E-state index contributed by atoms with van der Waals surface area (Å²) in [6, 6.07) is 1.90. The van der Waals surface area contributed by atoms with Crippen molar-refractivity contribution in [2.45, 2.75) is 40.2 Å². The van der Waals surface area contributed by atoms with Crippen molar-refractivity contribution < 1.29 is 5.11 Å². The van der Waals surface area contributed by atoms with Crippen LogP contribution in [0.3, 0.4) is 0 Å². The van der Waals surface area contributed by atoms with Gasteiger partial charge in [0.15, 0.2) is 0 Å². The second kappa shape index (κ2) is 4.19. The summed E-state index contributed by atoms with van der Waals surface area (Å²) >= 11 is 0. The Balaban J connectivity index is 2.90. The van der Waals surface area contributed by atoms with E-state index >= 15 is 0 Å². The summed E-state index contributed by atoms with van der Waals surface area (Å²) < 4.78 is 0. The van der Waals surface area contributed by atoms with Crippen LogP contribution in [0.4, 0.5) is 5.82 Å². The number of aromatic nitrogens is 1. The van der Waals surface area contributed by atoms with Gasteiger partial charge in [-0.3, -0.25) is 0 Å². The Morgan fingerprint density at radius 1 is 1.47 bits per heavy atom. The molecule has 1 heterocycles. The zero-order chi connectivity index (χ0) is 11.6. The van der Waals surface area contributed by atoms with Gasteiger partial charge in [0.05, 0.1) is 6.10 Å². The molecule has 0 saturated carbocycles. The quantitative estimate of drug-likeness (QED) is 0.784. The van der Waals surface area contributed by atoms with Gasteiger partial charge in [0.2, 0.25) is 0 Å². The van der Waals surface area contributed by atoms with Gasteiger partial charge in [0.1, 0.15) is 5.82 Å². The molecule has 0 aliphatic heterocycles. The van der Waals surface area contributed by atoms with Crippen molar-refractivity contribution in [1.82, 2.24) is 4.98 Å². The lowest BCUT2D eigenvalue weighted by atomic mass is 9.87. The van der Waals surface area contributed by atoms with E-state index in [0.29, 0.717) is 12.2 Å². The highest BCUT2D eigenvalue weighted by Gasteiger charge is 2.20. The summed E-state index contributed by atoms with van der Waals surface area (Å²) in [7, 11) is 0. The van der Waals surface area contributed by atoms with E-state index in [4.69, 9.17) is 5.73 Å². The molecule has 0 saturated heterocycles. The Hall–Kier alpha value is -1.09. The molecular weight excluding hydrogens is 188 g/mol. The maximum Gasteiger partial charge on any atom is 0.129 e. The monoisotopic (exact) mass is 208 g/mol. The van der Waals surface area contributed by atoms with Crippen molar-refractivity contribution in [1.29, 1.82) is 0 Å². The second-order valence-electron chi connectivity index (χ2n) is 5.27. The van der Waals surface area contributed by atoms with Crippen LogP contribution in [0.2, 0.25) is 0 Å². The summed E-state index contributed by atoms with van der Waals surface area (Å²) in [4.78, 5) is 4.05. The lowest BCUT2D eigenvalue weighted by Crippen LogP contribution is -2.13. The molecule has 0 aliphatic carbocycles. The summed E-state index contributed by atoms with van der Waals surface area (Å²) in [5.74, 6) is 0.428. The van der Waals surface area contributed by atoms with E-state index in [-0.39, 0.29) is 5.41 Å². The average Bonchev–Trinajstić information content (AvgIpc) is 2.06. The van der Waals surface area contributed by atoms with E-state index in [0.717, 1.165) is 11.1 Å². The minimum Gasteiger partial charge on any atom is -0.388 e. The predicted molar refractivity (Wildman–Crippen MR) is 62.4 cm³/mol. The molecule has 0 aromatic carbocycles. The molecule has 3 N–H and O–H groups in total. The largest absolute Gasteiger partial charge is 0.388 e. The summed E-state index contributed by atoms with van der Waals surface area (Å²) in [6.45, 7) is 8.22. The molecular formula is C12H20N2O. The first kappa shape index (κ1) is 12.0. The van der Waals surface area contributed by atoms with Crippen LogP contribution >= 0.6 is 0 Å².